The highest BCUT2D eigenvalue weighted by molar-refractivity contribution is 7.89. The summed E-state index contributed by atoms with van der Waals surface area (Å²) in [5, 5.41) is 3.95. The molecule has 2 rings (SSSR count). The second-order valence-corrected chi connectivity index (χ2v) is 7.84. The van der Waals surface area contributed by atoms with Crippen LogP contribution in [0.15, 0.2) is 47.4 Å². The molecule has 2 aromatic rings. The predicted octanol–water partition coefficient (Wildman–Crippen LogP) is 3.51. The third-order valence-electron chi connectivity index (χ3n) is 3.36. The first-order valence-electron chi connectivity index (χ1n) is 6.82. The van der Waals surface area contributed by atoms with Crippen molar-refractivity contribution in [3.63, 3.8) is 0 Å². The molecule has 0 heterocycles. The van der Waals surface area contributed by atoms with Gasteiger partial charge >= 0.3 is 0 Å². The number of hydrogen-bond acceptors (Lipinski definition) is 3. The predicted molar refractivity (Wildman–Crippen MR) is 90.8 cm³/mol. The third-order valence-corrected chi connectivity index (χ3v) is 5.41. The Morgan fingerprint density at radius 2 is 1.86 bits per heavy atom. The molecule has 0 bridgehead atoms. The van der Waals surface area contributed by atoms with Crippen molar-refractivity contribution in [3.8, 4) is 0 Å². The van der Waals surface area contributed by atoms with Crippen molar-refractivity contribution >= 4 is 27.3 Å². The number of rotatable bonds is 5. The number of sulfonamides is 1. The van der Waals surface area contributed by atoms with Crippen molar-refractivity contribution in [3.05, 3.63) is 58.6 Å². The van der Waals surface area contributed by atoms with Crippen LogP contribution in [0.3, 0.4) is 0 Å². The van der Waals surface area contributed by atoms with Crippen LogP contribution in [0.4, 0.5) is 5.69 Å². The highest BCUT2D eigenvalue weighted by Crippen LogP contribution is 2.21. The van der Waals surface area contributed by atoms with Crippen molar-refractivity contribution in [2.75, 3.05) is 19.4 Å². The van der Waals surface area contributed by atoms with Gasteiger partial charge in [0, 0.05) is 31.4 Å². The lowest BCUT2D eigenvalue weighted by Gasteiger charge is -2.13. The Balaban J connectivity index is 2.20. The van der Waals surface area contributed by atoms with Crippen molar-refractivity contribution in [1.29, 1.82) is 0 Å². The van der Waals surface area contributed by atoms with Gasteiger partial charge in [0.15, 0.2) is 0 Å². The first-order chi connectivity index (χ1) is 10.3. The van der Waals surface area contributed by atoms with Crippen molar-refractivity contribution in [1.82, 2.24) is 4.31 Å². The van der Waals surface area contributed by atoms with Gasteiger partial charge in [-0.05, 0) is 42.3 Å². The summed E-state index contributed by atoms with van der Waals surface area (Å²) < 4.78 is 25.5. The molecule has 118 valence electrons. The molecule has 0 unspecified atom stereocenters. The van der Waals surface area contributed by atoms with Gasteiger partial charge in [-0.3, -0.25) is 0 Å². The van der Waals surface area contributed by atoms with E-state index in [0.717, 1.165) is 16.8 Å². The fraction of sp³-hybridized carbons (Fsp3) is 0.250. The lowest BCUT2D eigenvalue weighted by atomic mass is 10.2. The zero-order valence-electron chi connectivity index (χ0n) is 12.8. The van der Waals surface area contributed by atoms with E-state index in [1.807, 2.05) is 31.2 Å². The first kappa shape index (κ1) is 16.8. The maximum absolute atomic E-state index is 12.1. The van der Waals surface area contributed by atoms with E-state index in [0.29, 0.717) is 16.5 Å². The van der Waals surface area contributed by atoms with Gasteiger partial charge < -0.3 is 5.32 Å². The molecule has 0 aromatic heterocycles. The molecule has 22 heavy (non-hydrogen) atoms. The molecule has 0 radical (unpaired) electrons. The smallest absolute Gasteiger partial charge is 0.242 e. The molecule has 0 amide bonds. The molecule has 0 aliphatic heterocycles. The number of hydrogen-bond donors (Lipinski definition) is 1. The van der Waals surface area contributed by atoms with E-state index >= 15 is 0 Å². The molecule has 0 aliphatic rings. The molecule has 0 spiro atoms. The maximum Gasteiger partial charge on any atom is 0.242 e. The zero-order valence-corrected chi connectivity index (χ0v) is 14.4. The monoisotopic (exact) mass is 338 g/mol. The Morgan fingerprint density at radius 1 is 1.14 bits per heavy atom. The Bertz CT molecular complexity index is 773. The zero-order chi connectivity index (χ0) is 16.3. The highest BCUT2D eigenvalue weighted by Gasteiger charge is 2.17. The van der Waals surface area contributed by atoms with Crippen LogP contribution in [-0.4, -0.2) is 26.8 Å². The summed E-state index contributed by atoms with van der Waals surface area (Å²) in [7, 11) is -0.366. The molecule has 0 saturated carbocycles. The molecular weight excluding hydrogens is 320 g/mol. The van der Waals surface area contributed by atoms with Crippen LogP contribution in [0.25, 0.3) is 0 Å². The van der Waals surface area contributed by atoms with Gasteiger partial charge in [-0.15, -0.1) is 0 Å². The molecule has 0 saturated heterocycles. The van der Waals surface area contributed by atoms with Gasteiger partial charge in [0.1, 0.15) is 0 Å². The Kier molecular flexibility index (Phi) is 5.11. The number of nitrogens with zero attached hydrogens (tertiary/aromatic N) is 1. The van der Waals surface area contributed by atoms with Crippen LogP contribution in [0.1, 0.15) is 11.1 Å². The van der Waals surface area contributed by atoms with E-state index in [1.54, 1.807) is 18.2 Å². The maximum atomic E-state index is 12.1. The SMILES string of the molecule is Cc1ccc(Cl)cc1NCc1cccc(S(=O)(=O)N(C)C)c1. The van der Waals surface area contributed by atoms with E-state index in [9.17, 15) is 8.42 Å². The van der Waals surface area contributed by atoms with E-state index in [2.05, 4.69) is 5.32 Å². The van der Waals surface area contributed by atoms with Gasteiger partial charge in [0.2, 0.25) is 10.0 Å². The Hall–Kier alpha value is -1.56. The summed E-state index contributed by atoms with van der Waals surface area (Å²) in [6.45, 7) is 2.52. The highest BCUT2D eigenvalue weighted by atomic mass is 35.5. The molecule has 4 nitrogen and oxygen atoms in total. The summed E-state index contributed by atoms with van der Waals surface area (Å²) in [4.78, 5) is 0.291. The topological polar surface area (TPSA) is 49.4 Å². The second-order valence-electron chi connectivity index (χ2n) is 5.25. The molecule has 0 atom stereocenters. The lowest BCUT2D eigenvalue weighted by molar-refractivity contribution is 0.520. The summed E-state index contributed by atoms with van der Waals surface area (Å²) in [6, 6.07) is 12.6. The summed E-state index contributed by atoms with van der Waals surface area (Å²) >= 11 is 5.99. The van der Waals surface area contributed by atoms with Crippen LogP contribution in [0.2, 0.25) is 5.02 Å². The van der Waals surface area contributed by atoms with E-state index in [1.165, 1.54) is 18.4 Å². The van der Waals surface area contributed by atoms with Gasteiger partial charge in [-0.2, -0.15) is 0 Å². The molecule has 1 N–H and O–H groups in total. The van der Waals surface area contributed by atoms with E-state index in [-0.39, 0.29) is 0 Å². The minimum atomic E-state index is -3.41. The Morgan fingerprint density at radius 3 is 2.55 bits per heavy atom. The van der Waals surface area contributed by atoms with Crippen LogP contribution in [0.5, 0.6) is 0 Å². The minimum Gasteiger partial charge on any atom is -0.381 e. The number of nitrogens with one attached hydrogen (secondary N) is 1. The average Bonchev–Trinajstić information content (AvgIpc) is 2.48. The van der Waals surface area contributed by atoms with Crippen LogP contribution < -0.4 is 5.32 Å². The summed E-state index contributed by atoms with van der Waals surface area (Å²) in [5.41, 5.74) is 2.91. The quantitative estimate of drug-likeness (QED) is 0.907. The fourth-order valence-corrected chi connectivity index (χ4v) is 3.15. The van der Waals surface area contributed by atoms with Crippen molar-refractivity contribution in [2.24, 2.45) is 0 Å². The number of aryl methyl sites for hydroxylation is 1. The molecule has 0 fully saturated rings. The summed E-state index contributed by atoms with van der Waals surface area (Å²) in [5.74, 6) is 0. The fourth-order valence-electron chi connectivity index (χ4n) is 2.01. The van der Waals surface area contributed by atoms with E-state index < -0.39 is 10.0 Å². The van der Waals surface area contributed by atoms with Crippen molar-refractivity contribution in [2.45, 2.75) is 18.4 Å². The first-order valence-corrected chi connectivity index (χ1v) is 8.64. The number of benzene rings is 2. The van der Waals surface area contributed by atoms with Crippen LogP contribution >= 0.6 is 11.6 Å². The normalized spacial score (nSPS) is 11.7. The largest absolute Gasteiger partial charge is 0.381 e. The lowest BCUT2D eigenvalue weighted by Crippen LogP contribution is -2.22. The average molecular weight is 339 g/mol. The van der Waals surface area contributed by atoms with Crippen LogP contribution in [-0.2, 0) is 16.6 Å². The van der Waals surface area contributed by atoms with Gasteiger partial charge in [0.25, 0.3) is 0 Å². The standard InChI is InChI=1S/C16H19ClN2O2S/c1-12-7-8-14(17)10-16(12)18-11-13-5-4-6-15(9-13)22(20,21)19(2)3/h4-10,18H,11H2,1-3H3. The Labute approximate surface area is 136 Å². The van der Waals surface area contributed by atoms with E-state index in [4.69, 9.17) is 11.6 Å². The molecule has 2 aromatic carbocycles. The van der Waals surface area contributed by atoms with Gasteiger partial charge in [-0.25, -0.2) is 12.7 Å². The van der Waals surface area contributed by atoms with Crippen molar-refractivity contribution < 1.29 is 8.42 Å². The summed E-state index contributed by atoms with van der Waals surface area (Å²) in [6.07, 6.45) is 0. The number of anilines is 1. The molecular formula is C16H19ClN2O2S. The minimum absolute atomic E-state index is 0.291. The number of halogens is 1. The third kappa shape index (κ3) is 3.80. The molecule has 6 heteroatoms. The second kappa shape index (κ2) is 6.69. The van der Waals surface area contributed by atoms with Gasteiger partial charge in [0.05, 0.1) is 4.90 Å². The van der Waals surface area contributed by atoms with Crippen LogP contribution in [0, 0.1) is 6.92 Å². The van der Waals surface area contributed by atoms with Gasteiger partial charge in [-0.1, -0.05) is 29.8 Å². The molecule has 0 aliphatic carbocycles.